The number of nitrogens with two attached hydrogens (primary N) is 1. The normalized spacial score (nSPS) is 16.3. The number of thiazole rings is 1. The molecule has 1 aliphatic rings. The van der Waals surface area contributed by atoms with Crippen LogP contribution in [0.3, 0.4) is 0 Å². The number of hydrogen-bond acceptors (Lipinski definition) is 5. The Morgan fingerprint density at radius 1 is 1.63 bits per heavy atom. The highest BCUT2D eigenvalue weighted by atomic mass is 32.1. The van der Waals surface area contributed by atoms with Crippen molar-refractivity contribution in [3.05, 3.63) is 29.7 Å². The maximum absolute atomic E-state index is 11.9. The van der Waals surface area contributed by atoms with E-state index in [1.54, 1.807) is 17.9 Å². The second-order valence-corrected chi connectivity index (χ2v) is 5.62. The molecular formula is C13H15N3O2S. The smallest absolute Gasteiger partial charge is 0.270 e. The molecule has 19 heavy (non-hydrogen) atoms. The third kappa shape index (κ3) is 2.85. The van der Waals surface area contributed by atoms with Gasteiger partial charge in [-0.25, -0.2) is 4.98 Å². The molecule has 0 aromatic carbocycles. The van der Waals surface area contributed by atoms with Crippen molar-refractivity contribution in [2.24, 2.45) is 11.7 Å². The Bertz CT molecular complexity index is 560. The van der Waals surface area contributed by atoms with Gasteiger partial charge in [-0.3, -0.25) is 4.79 Å². The van der Waals surface area contributed by atoms with Crippen LogP contribution in [0.15, 0.2) is 28.4 Å². The van der Waals surface area contributed by atoms with Gasteiger partial charge < -0.3 is 15.5 Å². The number of amides is 1. The fraction of sp³-hybridized carbons (Fsp3) is 0.385. The summed E-state index contributed by atoms with van der Waals surface area (Å²) in [4.78, 5) is 16.2. The van der Waals surface area contributed by atoms with Crippen LogP contribution in [0.5, 0.6) is 0 Å². The molecule has 100 valence electrons. The zero-order valence-corrected chi connectivity index (χ0v) is 11.2. The second-order valence-electron chi connectivity index (χ2n) is 4.76. The highest BCUT2D eigenvalue weighted by Gasteiger charge is 2.28. The number of nitrogens with zero attached hydrogens (tertiary/aromatic N) is 1. The van der Waals surface area contributed by atoms with Gasteiger partial charge in [-0.15, -0.1) is 11.3 Å². The maximum atomic E-state index is 11.9. The minimum absolute atomic E-state index is 0.0657. The van der Waals surface area contributed by atoms with Gasteiger partial charge in [0.15, 0.2) is 0 Å². The van der Waals surface area contributed by atoms with E-state index in [0.29, 0.717) is 18.2 Å². The average molecular weight is 277 g/mol. The minimum atomic E-state index is -0.165. The standard InChI is InChI=1S/C13H15N3O2S/c14-10(8-1-2-8)5-15-12(17)11-7-19-13(16-11)9-3-4-18-6-9/h3-4,6-8,10H,1-2,5,14H2,(H,15,17). The van der Waals surface area contributed by atoms with Gasteiger partial charge in [-0.1, -0.05) is 0 Å². The molecule has 1 amide bonds. The van der Waals surface area contributed by atoms with E-state index in [0.717, 1.165) is 10.6 Å². The van der Waals surface area contributed by atoms with Crippen LogP contribution in [0.1, 0.15) is 23.3 Å². The summed E-state index contributed by atoms with van der Waals surface area (Å²) < 4.78 is 5.00. The lowest BCUT2D eigenvalue weighted by Gasteiger charge is -2.10. The summed E-state index contributed by atoms with van der Waals surface area (Å²) in [6, 6.07) is 1.89. The molecule has 1 atom stereocenters. The molecule has 1 saturated carbocycles. The lowest BCUT2D eigenvalue weighted by molar-refractivity contribution is 0.0946. The van der Waals surface area contributed by atoms with E-state index >= 15 is 0 Å². The minimum Gasteiger partial charge on any atom is -0.472 e. The predicted octanol–water partition coefficient (Wildman–Crippen LogP) is 1.87. The Labute approximate surface area is 114 Å². The van der Waals surface area contributed by atoms with Crippen molar-refractivity contribution in [2.45, 2.75) is 18.9 Å². The number of carbonyl (C=O) groups excluding carboxylic acids is 1. The van der Waals surface area contributed by atoms with Crippen LogP contribution >= 0.6 is 11.3 Å². The molecule has 0 spiro atoms. The maximum Gasteiger partial charge on any atom is 0.270 e. The zero-order valence-electron chi connectivity index (χ0n) is 10.3. The van der Waals surface area contributed by atoms with E-state index < -0.39 is 0 Å². The Morgan fingerprint density at radius 2 is 2.47 bits per heavy atom. The van der Waals surface area contributed by atoms with E-state index in [2.05, 4.69) is 10.3 Å². The predicted molar refractivity (Wildman–Crippen MR) is 72.8 cm³/mol. The quantitative estimate of drug-likeness (QED) is 0.874. The van der Waals surface area contributed by atoms with Crippen molar-refractivity contribution in [3.8, 4) is 10.6 Å². The van der Waals surface area contributed by atoms with Crippen LogP contribution in [-0.4, -0.2) is 23.5 Å². The van der Waals surface area contributed by atoms with E-state index in [1.807, 2.05) is 6.07 Å². The highest BCUT2D eigenvalue weighted by Crippen LogP contribution is 2.31. The summed E-state index contributed by atoms with van der Waals surface area (Å²) >= 11 is 1.43. The van der Waals surface area contributed by atoms with E-state index in [4.69, 9.17) is 10.2 Å². The van der Waals surface area contributed by atoms with Crippen molar-refractivity contribution in [1.29, 1.82) is 0 Å². The lowest BCUT2D eigenvalue weighted by Crippen LogP contribution is -2.38. The SMILES string of the molecule is NC(CNC(=O)c1csc(-c2ccoc2)n1)C1CC1. The van der Waals surface area contributed by atoms with Crippen LogP contribution in [0.4, 0.5) is 0 Å². The largest absolute Gasteiger partial charge is 0.472 e. The number of rotatable bonds is 5. The van der Waals surface area contributed by atoms with Gasteiger partial charge in [0, 0.05) is 23.5 Å². The van der Waals surface area contributed by atoms with Crippen LogP contribution in [-0.2, 0) is 0 Å². The average Bonchev–Trinajstić information content (AvgIpc) is 2.94. The van der Waals surface area contributed by atoms with Crippen molar-refractivity contribution >= 4 is 17.2 Å². The van der Waals surface area contributed by atoms with Gasteiger partial charge in [0.25, 0.3) is 5.91 Å². The van der Waals surface area contributed by atoms with E-state index in [1.165, 1.54) is 24.2 Å². The lowest BCUT2D eigenvalue weighted by atomic mass is 10.2. The number of furan rings is 1. The Hall–Kier alpha value is -1.66. The molecule has 6 heteroatoms. The summed E-state index contributed by atoms with van der Waals surface area (Å²) in [5, 5.41) is 5.37. The molecule has 5 nitrogen and oxygen atoms in total. The van der Waals surface area contributed by atoms with Crippen LogP contribution in [0.25, 0.3) is 10.6 Å². The van der Waals surface area contributed by atoms with Gasteiger partial charge >= 0.3 is 0 Å². The van der Waals surface area contributed by atoms with Crippen molar-refractivity contribution in [3.63, 3.8) is 0 Å². The van der Waals surface area contributed by atoms with E-state index in [9.17, 15) is 4.79 Å². The summed E-state index contributed by atoms with van der Waals surface area (Å²) in [6.07, 6.45) is 5.56. The third-order valence-electron chi connectivity index (χ3n) is 3.23. The molecule has 1 aliphatic carbocycles. The molecule has 3 N–H and O–H groups in total. The first-order valence-corrected chi connectivity index (χ1v) is 7.14. The molecular weight excluding hydrogens is 262 g/mol. The van der Waals surface area contributed by atoms with Gasteiger partial charge in [-0.2, -0.15) is 0 Å². The summed E-state index contributed by atoms with van der Waals surface area (Å²) in [5.74, 6) is 0.416. The second kappa shape index (κ2) is 5.14. The number of carbonyl (C=O) groups is 1. The first-order valence-electron chi connectivity index (χ1n) is 6.26. The molecule has 1 fully saturated rings. The third-order valence-corrected chi connectivity index (χ3v) is 4.12. The number of nitrogens with one attached hydrogen (secondary N) is 1. The number of aromatic nitrogens is 1. The molecule has 2 aromatic rings. The van der Waals surface area contributed by atoms with Crippen molar-refractivity contribution < 1.29 is 9.21 Å². The zero-order chi connectivity index (χ0) is 13.2. The van der Waals surface area contributed by atoms with Crippen LogP contribution in [0, 0.1) is 5.92 Å². The molecule has 2 heterocycles. The molecule has 3 rings (SSSR count). The Kier molecular flexibility index (Phi) is 3.35. The van der Waals surface area contributed by atoms with Crippen LogP contribution < -0.4 is 11.1 Å². The topological polar surface area (TPSA) is 81.1 Å². The molecule has 2 aromatic heterocycles. The van der Waals surface area contributed by atoms with Crippen molar-refractivity contribution in [1.82, 2.24) is 10.3 Å². The van der Waals surface area contributed by atoms with E-state index in [-0.39, 0.29) is 11.9 Å². The summed E-state index contributed by atoms with van der Waals surface area (Å²) in [6.45, 7) is 0.516. The first kappa shape index (κ1) is 12.4. The van der Waals surface area contributed by atoms with Gasteiger partial charge in [0.05, 0.1) is 6.26 Å². The fourth-order valence-electron chi connectivity index (χ4n) is 1.89. The fourth-order valence-corrected chi connectivity index (χ4v) is 2.68. The molecule has 0 radical (unpaired) electrons. The Balaban J connectivity index is 1.60. The van der Waals surface area contributed by atoms with Gasteiger partial charge in [0.1, 0.15) is 17.0 Å². The molecule has 0 bridgehead atoms. The Morgan fingerprint density at radius 3 is 3.16 bits per heavy atom. The van der Waals surface area contributed by atoms with Gasteiger partial charge in [-0.05, 0) is 24.8 Å². The number of hydrogen-bond donors (Lipinski definition) is 2. The molecule has 0 saturated heterocycles. The molecule has 1 unspecified atom stereocenters. The van der Waals surface area contributed by atoms with Crippen molar-refractivity contribution in [2.75, 3.05) is 6.54 Å². The summed E-state index contributed by atoms with van der Waals surface area (Å²) in [7, 11) is 0. The van der Waals surface area contributed by atoms with Gasteiger partial charge in [0.2, 0.25) is 0 Å². The highest BCUT2D eigenvalue weighted by molar-refractivity contribution is 7.13. The first-order chi connectivity index (χ1) is 9.24. The van der Waals surface area contributed by atoms with Crippen LogP contribution in [0.2, 0.25) is 0 Å². The monoisotopic (exact) mass is 277 g/mol. The summed E-state index contributed by atoms with van der Waals surface area (Å²) in [5.41, 5.74) is 7.26. The molecule has 0 aliphatic heterocycles.